The minimum atomic E-state index is -0.647. The number of nitrogens with one attached hydrogen (secondary N) is 1. The summed E-state index contributed by atoms with van der Waals surface area (Å²) in [6, 6.07) is 18.6. The molecule has 0 saturated heterocycles. The highest BCUT2D eigenvalue weighted by Crippen LogP contribution is 2.12. The van der Waals surface area contributed by atoms with Crippen LogP contribution in [0.1, 0.15) is 17.2 Å². The summed E-state index contributed by atoms with van der Waals surface area (Å²) in [4.78, 5) is 11.6. The van der Waals surface area contributed by atoms with Crippen LogP contribution in [0, 0.1) is 6.42 Å². The molecule has 1 radical (unpaired) electrons. The van der Waals surface area contributed by atoms with Crippen LogP contribution in [0.3, 0.4) is 0 Å². The average Bonchev–Trinajstić information content (AvgIpc) is 2.55. The summed E-state index contributed by atoms with van der Waals surface area (Å²) in [5.41, 5.74) is 7.36. The number of hydrogen-bond acceptors (Lipinski definition) is 3. The molecule has 4 nitrogen and oxygen atoms in total. The van der Waals surface area contributed by atoms with Gasteiger partial charge in [0.25, 0.3) is 0 Å². The molecule has 0 aliphatic rings. The van der Waals surface area contributed by atoms with Crippen molar-refractivity contribution >= 4 is 5.91 Å². The third-order valence-electron chi connectivity index (χ3n) is 3.42. The first kappa shape index (κ1) is 16.2. The normalized spacial score (nSPS) is 13.5. The number of hydrogen-bond donors (Lipinski definition) is 3. The summed E-state index contributed by atoms with van der Waals surface area (Å²) in [7, 11) is 0. The van der Waals surface area contributed by atoms with Gasteiger partial charge in [0, 0.05) is 6.54 Å². The van der Waals surface area contributed by atoms with Crippen LogP contribution in [-0.4, -0.2) is 23.7 Å². The molecule has 4 heteroatoms. The highest BCUT2D eigenvalue weighted by Gasteiger charge is 2.18. The Bertz CT molecular complexity index is 572. The van der Waals surface area contributed by atoms with Gasteiger partial charge < -0.3 is 10.8 Å². The summed E-state index contributed by atoms with van der Waals surface area (Å²) in [5, 5.41) is 13.0. The van der Waals surface area contributed by atoms with Gasteiger partial charge in [-0.15, -0.1) is 0 Å². The van der Waals surface area contributed by atoms with Gasteiger partial charge >= 0.3 is 0 Å². The minimum Gasteiger partial charge on any atom is -0.391 e. The fourth-order valence-corrected chi connectivity index (χ4v) is 2.24. The maximum absolute atomic E-state index is 11.6. The van der Waals surface area contributed by atoms with E-state index in [1.807, 2.05) is 67.1 Å². The van der Waals surface area contributed by atoms with Crippen molar-refractivity contribution in [2.45, 2.75) is 18.6 Å². The predicted molar refractivity (Wildman–Crippen MR) is 86.8 cm³/mol. The molecule has 0 aliphatic heterocycles. The van der Waals surface area contributed by atoms with Gasteiger partial charge in [0.1, 0.15) is 6.04 Å². The van der Waals surface area contributed by atoms with E-state index in [2.05, 4.69) is 5.32 Å². The van der Waals surface area contributed by atoms with Crippen LogP contribution in [0.4, 0.5) is 0 Å². The molecular formula is C18H21N2O2. The lowest BCUT2D eigenvalue weighted by Gasteiger charge is -2.18. The fraction of sp³-hybridized carbons (Fsp3) is 0.222. The number of primary amides is 1. The van der Waals surface area contributed by atoms with Gasteiger partial charge in [0.2, 0.25) is 5.91 Å². The highest BCUT2D eigenvalue weighted by molar-refractivity contribution is 5.81. The third-order valence-corrected chi connectivity index (χ3v) is 3.42. The lowest BCUT2D eigenvalue weighted by atomic mass is 10.0. The van der Waals surface area contributed by atoms with Crippen molar-refractivity contribution in [2.24, 2.45) is 5.73 Å². The van der Waals surface area contributed by atoms with E-state index in [4.69, 9.17) is 5.73 Å². The summed E-state index contributed by atoms with van der Waals surface area (Å²) in [6.07, 6.45) is 1.84. The molecule has 115 valence electrons. The molecular weight excluding hydrogens is 276 g/mol. The zero-order valence-electron chi connectivity index (χ0n) is 12.4. The van der Waals surface area contributed by atoms with Gasteiger partial charge in [-0.2, -0.15) is 0 Å². The largest absolute Gasteiger partial charge is 0.391 e. The number of carbonyl (C=O) groups is 1. The maximum Gasteiger partial charge on any atom is 0.239 e. The zero-order valence-corrected chi connectivity index (χ0v) is 12.4. The molecule has 0 aliphatic carbocycles. The van der Waals surface area contributed by atoms with E-state index in [-0.39, 0.29) is 6.54 Å². The van der Waals surface area contributed by atoms with Crippen LogP contribution in [0.15, 0.2) is 60.7 Å². The van der Waals surface area contributed by atoms with E-state index in [1.165, 1.54) is 0 Å². The molecule has 22 heavy (non-hydrogen) atoms. The topological polar surface area (TPSA) is 75.4 Å². The second-order valence-corrected chi connectivity index (χ2v) is 5.15. The van der Waals surface area contributed by atoms with Gasteiger partial charge in [0.05, 0.1) is 6.10 Å². The van der Waals surface area contributed by atoms with Crippen molar-refractivity contribution in [3.05, 3.63) is 78.2 Å². The van der Waals surface area contributed by atoms with Crippen molar-refractivity contribution in [2.75, 3.05) is 6.54 Å². The van der Waals surface area contributed by atoms with E-state index >= 15 is 0 Å². The molecule has 4 N–H and O–H groups in total. The Morgan fingerprint density at radius 3 is 2.27 bits per heavy atom. The number of rotatable bonds is 8. The van der Waals surface area contributed by atoms with Crippen LogP contribution >= 0.6 is 0 Å². The molecule has 0 spiro atoms. The number of amides is 1. The number of aliphatic hydroxyl groups is 1. The summed E-state index contributed by atoms with van der Waals surface area (Å²) < 4.78 is 0. The fourth-order valence-electron chi connectivity index (χ4n) is 2.24. The second-order valence-electron chi connectivity index (χ2n) is 5.15. The molecule has 2 rings (SSSR count). The quantitative estimate of drug-likeness (QED) is 0.693. The number of carbonyl (C=O) groups excluding carboxylic acids is 1. The molecule has 0 saturated carbocycles. The molecule has 2 aromatic rings. The SMILES string of the molecule is NC(=O)[C@@H](NC[C@H](O)[CH]Cc1ccccc1)c1ccccc1. The Hall–Kier alpha value is -2.17. The van der Waals surface area contributed by atoms with Crippen molar-refractivity contribution in [3.63, 3.8) is 0 Å². The van der Waals surface area contributed by atoms with Gasteiger partial charge in [0.15, 0.2) is 0 Å². The van der Waals surface area contributed by atoms with E-state index in [0.717, 1.165) is 11.1 Å². The zero-order chi connectivity index (χ0) is 15.8. The Balaban J connectivity index is 1.83. The molecule has 1 amide bonds. The van der Waals surface area contributed by atoms with E-state index < -0.39 is 18.1 Å². The third kappa shape index (κ3) is 4.98. The Morgan fingerprint density at radius 1 is 1.09 bits per heavy atom. The molecule has 0 bridgehead atoms. The van der Waals surface area contributed by atoms with Crippen LogP contribution in [0.5, 0.6) is 0 Å². The van der Waals surface area contributed by atoms with E-state index in [0.29, 0.717) is 6.42 Å². The first-order valence-electron chi connectivity index (χ1n) is 7.30. The Kier molecular flexibility index (Phi) is 6.13. The van der Waals surface area contributed by atoms with Crippen molar-refractivity contribution in [3.8, 4) is 0 Å². The van der Waals surface area contributed by atoms with Crippen molar-refractivity contribution < 1.29 is 9.90 Å². The summed E-state index contributed by atoms with van der Waals surface area (Å²) >= 11 is 0. The summed E-state index contributed by atoms with van der Waals surface area (Å²) in [5.74, 6) is -0.457. The Labute approximate surface area is 131 Å². The van der Waals surface area contributed by atoms with Gasteiger partial charge in [-0.1, -0.05) is 60.7 Å². The van der Waals surface area contributed by atoms with E-state index in [9.17, 15) is 9.90 Å². The predicted octanol–water partition coefficient (Wildman–Crippen LogP) is 1.61. The molecule has 0 heterocycles. The van der Waals surface area contributed by atoms with Crippen LogP contribution in [0.25, 0.3) is 0 Å². The molecule has 0 aromatic heterocycles. The monoisotopic (exact) mass is 297 g/mol. The lowest BCUT2D eigenvalue weighted by molar-refractivity contribution is -0.120. The molecule has 0 unspecified atom stereocenters. The molecule has 2 atom stereocenters. The number of benzene rings is 2. The highest BCUT2D eigenvalue weighted by atomic mass is 16.3. The lowest BCUT2D eigenvalue weighted by Crippen LogP contribution is -2.38. The first-order valence-corrected chi connectivity index (χ1v) is 7.30. The standard InChI is InChI=1S/C18H21N2O2/c19-18(22)17(15-9-5-2-6-10-15)20-13-16(21)12-11-14-7-3-1-4-8-14/h1-10,12,16-17,20-21H,11,13H2,(H2,19,22)/t16-,17+/m1/s1. The van der Waals surface area contributed by atoms with Crippen molar-refractivity contribution in [1.29, 1.82) is 0 Å². The minimum absolute atomic E-state index is 0.273. The molecule has 2 aromatic carbocycles. The average molecular weight is 297 g/mol. The smallest absolute Gasteiger partial charge is 0.239 e. The number of aliphatic hydroxyl groups excluding tert-OH is 1. The second kappa shape index (κ2) is 8.32. The first-order chi connectivity index (χ1) is 10.7. The number of nitrogens with two attached hydrogens (primary N) is 1. The Morgan fingerprint density at radius 2 is 1.68 bits per heavy atom. The van der Waals surface area contributed by atoms with Gasteiger partial charge in [-0.25, -0.2) is 0 Å². The van der Waals surface area contributed by atoms with Crippen molar-refractivity contribution in [1.82, 2.24) is 5.32 Å². The van der Waals surface area contributed by atoms with Crippen LogP contribution < -0.4 is 11.1 Å². The van der Waals surface area contributed by atoms with Crippen LogP contribution in [0.2, 0.25) is 0 Å². The summed E-state index contributed by atoms with van der Waals surface area (Å²) in [6.45, 7) is 0.273. The van der Waals surface area contributed by atoms with Gasteiger partial charge in [-0.3, -0.25) is 10.1 Å². The van der Waals surface area contributed by atoms with Crippen LogP contribution in [-0.2, 0) is 11.2 Å². The maximum atomic E-state index is 11.6. The molecule has 0 fully saturated rings. The van der Waals surface area contributed by atoms with E-state index in [1.54, 1.807) is 0 Å². The van der Waals surface area contributed by atoms with Gasteiger partial charge in [-0.05, 0) is 24.0 Å².